The van der Waals surface area contributed by atoms with Crippen molar-refractivity contribution >= 4 is 52.8 Å². The first-order valence-electron chi connectivity index (χ1n) is 10.5. The number of rotatable bonds is 7. The summed E-state index contributed by atoms with van der Waals surface area (Å²) in [6.45, 7) is 2.14. The summed E-state index contributed by atoms with van der Waals surface area (Å²) in [7, 11) is 0. The summed E-state index contributed by atoms with van der Waals surface area (Å²) in [5.74, 6) is 0.0954. The van der Waals surface area contributed by atoms with Gasteiger partial charge in [-0.15, -0.1) is 0 Å². The molecule has 3 rings (SSSR count). The van der Waals surface area contributed by atoms with Crippen LogP contribution in [0, 0.1) is 5.41 Å². The fourth-order valence-corrected chi connectivity index (χ4v) is 3.74. The quantitative estimate of drug-likeness (QED) is 0.106. The molecule has 0 atom stereocenters. The zero-order chi connectivity index (χ0) is 23.8. The first-order valence-corrected chi connectivity index (χ1v) is 10.9. The van der Waals surface area contributed by atoms with Gasteiger partial charge in [-0.05, 0) is 58.0 Å². The molecular formula is C27H30N4OS. The number of nitrogen functional groups attached to an aromatic ring is 1. The van der Waals surface area contributed by atoms with Crippen molar-refractivity contribution in [1.82, 2.24) is 0 Å². The highest BCUT2D eigenvalue weighted by Crippen LogP contribution is 2.35. The maximum absolute atomic E-state index is 10.9. The fraction of sp³-hybridized carbons (Fsp3) is 0.0741. The van der Waals surface area contributed by atoms with E-state index in [0.29, 0.717) is 11.3 Å². The molecule has 0 aliphatic heterocycles. The van der Waals surface area contributed by atoms with Crippen LogP contribution in [0.3, 0.4) is 0 Å². The van der Waals surface area contributed by atoms with Crippen molar-refractivity contribution < 1.29 is 7.65 Å². The van der Waals surface area contributed by atoms with E-state index in [1.165, 1.54) is 11.8 Å². The van der Waals surface area contributed by atoms with Crippen LogP contribution in [0.1, 0.15) is 44.0 Å². The lowest BCUT2D eigenvalue weighted by Gasteiger charge is -2.17. The van der Waals surface area contributed by atoms with Gasteiger partial charge in [0.25, 0.3) is 0 Å². The van der Waals surface area contributed by atoms with Gasteiger partial charge in [0.05, 0.1) is 0 Å². The van der Waals surface area contributed by atoms with Crippen LogP contribution in [0.4, 0.5) is 10.5 Å². The Kier molecular flexibility index (Phi) is 8.00. The number of carbonyl (C=O) groups excluding carboxylic acids is 1. The Balaban J connectivity index is 0.00000306. The number of benzene rings is 3. The molecule has 0 bridgehead atoms. The Morgan fingerprint density at radius 3 is 2.30 bits per heavy atom. The monoisotopic (exact) mass is 458 g/mol. The highest BCUT2D eigenvalue weighted by atomic mass is 32.1. The van der Waals surface area contributed by atoms with E-state index in [-0.39, 0.29) is 8.69 Å². The van der Waals surface area contributed by atoms with Gasteiger partial charge in [0, 0.05) is 20.3 Å². The third kappa shape index (κ3) is 6.08. The largest absolute Gasteiger partial charge is 0.398 e. The Labute approximate surface area is 202 Å². The van der Waals surface area contributed by atoms with Crippen LogP contribution in [0.5, 0.6) is 0 Å². The lowest BCUT2D eigenvalue weighted by Crippen LogP contribution is -2.08. The number of nitrogens with one attached hydrogen (secondary N) is 1. The molecule has 0 unspecified atom stereocenters. The number of nitrogens with zero attached hydrogens (tertiary/aromatic N) is 1. The van der Waals surface area contributed by atoms with Crippen LogP contribution < -0.4 is 11.5 Å². The molecular weight excluding hydrogens is 428 g/mol. The van der Waals surface area contributed by atoms with E-state index in [1.54, 1.807) is 12.2 Å². The number of amides is 1. The maximum atomic E-state index is 10.9. The molecule has 3 aromatic carbocycles. The molecule has 0 radical (unpaired) electrons. The number of aliphatic imine (C=N–C) groups is 1. The van der Waals surface area contributed by atoms with E-state index in [1.807, 2.05) is 60.7 Å². The van der Waals surface area contributed by atoms with Gasteiger partial charge in [-0.1, -0.05) is 86.3 Å². The van der Waals surface area contributed by atoms with Crippen molar-refractivity contribution in [3.8, 4) is 0 Å². The number of allylic oxidation sites excluding steroid dienone is 1. The number of carbonyl (C=O) groups is 1. The molecule has 0 aliphatic rings. The number of hydrogen-bond acceptors (Lipinski definition) is 3. The third-order valence-electron chi connectivity index (χ3n) is 5.18. The number of amidine groups is 1. The lowest BCUT2D eigenvalue weighted by atomic mass is 9.87. The number of anilines is 1. The smallest absolute Gasteiger partial charge is 0.303 e. The molecule has 33 heavy (non-hydrogen) atoms. The summed E-state index contributed by atoms with van der Waals surface area (Å²) in [4.78, 5) is 14.5. The lowest BCUT2D eigenvalue weighted by molar-refractivity contribution is 0.268. The Bertz CT molecular complexity index is 1250. The van der Waals surface area contributed by atoms with E-state index in [2.05, 4.69) is 36.7 Å². The van der Waals surface area contributed by atoms with Crippen molar-refractivity contribution in [2.75, 3.05) is 5.73 Å². The minimum atomic E-state index is -0.636. The van der Waals surface area contributed by atoms with Crippen molar-refractivity contribution in [2.45, 2.75) is 13.3 Å². The van der Waals surface area contributed by atoms with E-state index in [9.17, 15) is 4.79 Å². The summed E-state index contributed by atoms with van der Waals surface area (Å²) in [5.41, 5.74) is 19.4. The molecule has 6 heteroatoms. The minimum absolute atomic E-state index is 0. The second-order valence-corrected chi connectivity index (χ2v) is 7.72. The van der Waals surface area contributed by atoms with Crippen molar-refractivity contribution in [3.05, 3.63) is 107 Å². The molecule has 0 saturated heterocycles. The van der Waals surface area contributed by atoms with Crippen LogP contribution >= 0.6 is 12.6 Å². The Morgan fingerprint density at radius 2 is 1.70 bits per heavy atom. The number of hydrogen-bond donors (Lipinski definition) is 4. The van der Waals surface area contributed by atoms with Crippen LogP contribution in [0.25, 0.3) is 17.2 Å². The standard InChI is InChI=1S/C27H26N4OS.2H2/c1-2-23(19-6-4-3-5-7-19)26(21-13-14-24(29)22(16-21)17-28)20-11-8-18(9-12-20)10-15-25(30)31-27(32)33;;/h3-17,28H,2,29H2,1H3,(H3,30,31,32,33);2*1H/b15-10+,26-23+,28-17?;;. The predicted molar refractivity (Wildman–Crippen MR) is 147 cm³/mol. The summed E-state index contributed by atoms with van der Waals surface area (Å²) in [5, 5.41) is 7.08. The molecule has 0 saturated carbocycles. The zero-order valence-corrected chi connectivity index (χ0v) is 19.2. The highest BCUT2D eigenvalue weighted by Gasteiger charge is 2.14. The molecule has 0 aromatic heterocycles. The Hall–Kier alpha value is -3.90. The minimum Gasteiger partial charge on any atom is -0.398 e. The van der Waals surface area contributed by atoms with Crippen molar-refractivity contribution in [1.29, 1.82) is 5.41 Å². The fourth-order valence-electron chi connectivity index (χ4n) is 3.63. The third-order valence-corrected chi connectivity index (χ3v) is 5.28. The summed E-state index contributed by atoms with van der Waals surface area (Å²) < 4.78 is 0. The van der Waals surface area contributed by atoms with Gasteiger partial charge >= 0.3 is 5.24 Å². The van der Waals surface area contributed by atoms with Crippen molar-refractivity contribution in [3.63, 3.8) is 0 Å². The topological polar surface area (TPSA) is 105 Å². The van der Waals surface area contributed by atoms with Gasteiger partial charge in [-0.3, -0.25) is 4.79 Å². The van der Waals surface area contributed by atoms with E-state index < -0.39 is 5.24 Å². The van der Waals surface area contributed by atoms with Gasteiger partial charge in [0.1, 0.15) is 5.84 Å². The van der Waals surface area contributed by atoms with Gasteiger partial charge in [0.2, 0.25) is 0 Å². The molecule has 0 aliphatic carbocycles. The van der Waals surface area contributed by atoms with Crippen LogP contribution in [0.15, 0.2) is 83.9 Å². The molecule has 170 valence electrons. The maximum Gasteiger partial charge on any atom is 0.303 e. The van der Waals surface area contributed by atoms with Gasteiger partial charge in [-0.25, -0.2) is 0 Å². The first kappa shape index (κ1) is 23.8. The average molecular weight is 459 g/mol. The summed E-state index contributed by atoms with van der Waals surface area (Å²) in [6.07, 6.45) is 5.46. The van der Waals surface area contributed by atoms with Gasteiger partial charge in [0.15, 0.2) is 0 Å². The zero-order valence-electron chi connectivity index (χ0n) is 18.3. The van der Waals surface area contributed by atoms with Gasteiger partial charge in [-0.2, -0.15) is 4.99 Å². The second-order valence-electron chi connectivity index (χ2n) is 7.34. The molecule has 5 nitrogen and oxygen atoms in total. The summed E-state index contributed by atoms with van der Waals surface area (Å²) >= 11 is 3.60. The van der Waals surface area contributed by atoms with Gasteiger partial charge < -0.3 is 16.9 Å². The molecule has 5 N–H and O–H groups in total. The predicted octanol–water partition coefficient (Wildman–Crippen LogP) is 6.55. The van der Waals surface area contributed by atoms with E-state index in [0.717, 1.165) is 34.2 Å². The number of thiol groups is 1. The molecule has 0 heterocycles. The Morgan fingerprint density at radius 1 is 1.03 bits per heavy atom. The second kappa shape index (κ2) is 11.1. The molecule has 1 amide bonds. The normalized spacial score (nSPS) is 12.5. The van der Waals surface area contributed by atoms with Crippen LogP contribution in [-0.4, -0.2) is 17.3 Å². The van der Waals surface area contributed by atoms with E-state index in [4.69, 9.17) is 16.9 Å². The first-order chi connectivity index (χ1) is 15.9. The SMILES string of the molecule is CC/C(=C(/c1ccc(/C=C/C(N)=N/C(=O)S)cc1)c1ccc(N)c(C=N)c1)c1ccccc1.[HH].[HH]. The highest BCUT2D eigenvalue weighted by molar-refractivity contribution is 7.96. The molecule has 0 spiro atoms. The number of nitrogens with two attached hydrogens (primary N) is 2. The van der Waals surface area contributed by atoms with E-state index >= 15 is 0 Å². The summed E-state index contributed by atoms with van der Waals surface area (Å²) in [6, 6.07) is 24.1. The molecule has 3 aromatic rings. The van der Waals surface area contributed by atoms with Crippen molar-refractivity contribution in [2.24, 2.45) is 10.7 Å². The van der Waals surface area contributed by atoms with Crippen LogP contribution in [-0.2, 0) is 0 Å². The molecule has 0 fully saturated rings. The van der Waals surface area contributed by atoms with Crippen LogP contribution in [0.2, 0.25) is 0 Å². The average Bonchev–Trinajstić information content (AvgIpc) is 2.82.